The quantitative estimate of drug-likeness (QED) is 0.123. The largest absolute Gasteiger partial charge is 0.477 e. The van der Waals surface area contributed by atoms with Gasteiger partial charge in [-0.15, -0.1) is 5.12 Å². The number of aromatic nitrogens is 1. The van der Waals surface area contributed by atoms with E-state index in [-0.39, 0.29) is 42.7 Å². The van der Waals surface area contributed by atoms with E-state index in [4.69, 9.17) is 16.2 Å². The molecule has 18 heteroatoms. The molecule has 0 bridgehead atoms. The second kappa shape index (κ2) is 18.2. The highest BCUT2D eigenvalue weighted by molar-refractivity contribution is 5.95. The van der Waals surface area contributed by atoms with Crippen LogP contribution < -0.4 is 37.9 Å². The van der Waals surface area contributed by atoms with Crippen LogP contribution in [0.15, 0.2) is 59.3 Å². The summed E-state index contributed by atoms with van der Waals surface area (Å²) in [5.41, 5.74) is 16.4. The fourth-order valence-electron chi connectivity index (χ4n) is 6.84. The molecule has 2 aromatic carbocycles. The Morgan fingerprint density at radius 1 is 1.07 bits per heavy atom. The van der Waals surface area contributed by atoms with Crippen molar-refractivity contribution in [3.8, 4) is 0 Å². The summed E-state index contributed by atoms with van der Waals surface area (Å²) >= 11 is 0. The van der Waals surface area contributed by atoms with Crippen LogP contribution in [0.2, 0.25) is 0 Å². The van der Waals surface area contributed by atoms with Gasteiger partial charge in [-0.2, -0.15) is 0 Å². The molecule has 0 saturated carbocycles. The Kier molecular flexibility index (Phi) is 13.4. The number of rotatable bonds is 15. The number of nitrogens with two attached hydrogens (primary N) is 2. The van der Waals surface area contributed by atoms with Crippen molar-refractivity contribution in [2.45, 2.75) is 65.3 Å². The highest BCUT2D eigenvalue weighted by Crippen LogP contribution is 2.27. The first-order valence-corrected chi connectivity index (χ1v) is 18.6. The first-order valence-electron chi connectivity index (χ1n) is 18.6. The van der Waals surface area contributed by atoms with Gasteiger partial charge in [0.25, 0.3) is 0 Å². The van der Waals surface area contributed by atoms with Crippen LogP contribution in [-0.4, -0.2) is 101 Å². The number of pyridine rings is 1. The standard InChI is InChI=1S/C38H51FN10O7/c1-5-46-20-27(36(52)53)34(50)26-18-28(39)33(19-32(26)46)47-13-15-48(16-14-47)38(55)56-22-24-8-10-25(11-9-24)43-35(51)31(7-6-12-42-37(41)54)49-21-30(44-45(49)4)29(40)17-23(2)3/h8-11,18-21,23,29,31,44H,5-7,12-17,22,40H2,1-4H3,(H,43,51)(H,52,53)(H3,41,42,54)/t29-,31-/m0/s1. The van der Waals surface area contributed by atoms with E-state index in [1.807, 2.05) is 6.20 Å². The number of benzene rings is 2. The Morgan fingerprint density at radius 2 is 1.77 bits per heavy atom. The molecule has 2 aliphatic rings. The molecule has 2 atom stereocenters. The predicted molar refractivity (Wildman–Crippen MR) is 209 cm³/mol. The van der Waals surface area contributed by atoms with E-state index in [2.05, 4.69) is 29.9 Å². The third-order valence-electron chi connectivity index (χ3n) is 9.79. The number of primary amides is 1. The average molecular weight is 779 g/mol. The summed E-state index contributed by atoms with van der Waals surface area (Å²) in [5, 5.41) is 18.4. The summed E-state index contributed by atoms with van der Waals surface area (Å²) in [6.07, 6.45) is 4.23. The second-order valence-corrected chi connectivity index (χ2v) is 14.3. The van der Waals surface area contributed by atoms with Crippen molar-refractivity contribution >= 4 is 46.3 Å². The molecule has 0 spiro atoms. The number of aromatic carboxylic acids is 1. The van der Waals surface area contributed by atoms with Gasteiger partial charge < -0.3 is 51.7 Å². The maximum Gasteiger partial charge on any atom is 0.410 e. The summed E-state index contributed by atoms with van der Waals surface area (Å²) < 4.78 is 22.5. The van der Waals surface area contributed by atoms with Crippen molar-refractivity contribution < 1.29 is 33.4 Å². The van der Waals surface area contributed by atoms with E-state index in [9.17, 15) is 29.1 Å². The number of nitrogens with one attached hydrogen (secondary N) is 3. The molecule has 3 heterocycles. The molecule has 56 heavy (non-hydrogen) atoms. The van der Waals surface area contributed by atoms with Crippen LogP contribution in [0.25, 0.3) is 10.9 Å². The Labute approximate surface area is 323 Å². The van der Waals surface area contributed by atoms with Gasteiger partial charge in [0.2, 0.25) is 11.3 Å². The number of halogens is 1. The number of anilines is 2. The van der Waals surface area contributed by atoms with Crippen molar-refractivity contribution in [3.05, 3.63) is 81.7 Å². The maximum atomic E-state index is 15.3. The number of amides is 4. The monoisotopic (exact) mass is 778 g/mol. The number of fused-ring (bicyclic) bond motifs is 1. The summed E-state index contributed by atoms with van der Waals surface area (Å²) in [5.74, 6) is -1.92. The van der Waals surface area contributed by atoms with E-state index >= 15 is 4.39 Å². The maximum absolute atomic E-state index is 15.3. The van der Waals surface area contributed by atoms with Crippen molar-refractivity contribution in [2.24, 2.45) is 17.4 Å². The molecule has 1 fully saturated rings. The molecule has 8 N–H and O–H groups in total. The molecule has 302 valence electrons. The molecule has 1 aromatic heterocycles. The number of hydrogen-bond acceptors (Lipinski definition) is 11. The normalized spacial score (nSPS) is 15.7. The summed E-state index contributed by atoms with van der Waals surface area (Å²) in [7, 11) is 1.79. The number of carboxylic acid groups (broad SMARTS) is 1. The average Bonchev–Trinajstić information content (AvgIpc) is 3.55. The number of urea groups is 1. The zero-order chi connectivity index (χ0) is 40.7. The first-order chi connectivity index (χ1) is 26.7. The van der Waals surface area contributed by atoms with Crippen LogP contribution in [0, 0.1) is 11.7 Å². The molecular formula is C38H51FN10O7. The summed E-state index contributed by atoms with van der Waals surface area (Å²) in [6, 6.07) is 8.04. The molecule has 0 aliphatic carbocycles. The Balaban J connectivity index is 1.16. The van der Waals surface area contributed by atoms with Gasteiger partial charge in [0, 0.05) is 75.8 Å². The highest BCUT2D eigenvalue weighted by Gasteiger charge is 2.33. The van der Waals surface area contributed by atoms with Crippen molar-refractivity contribution in [1.29, 1.82) is 0 Å². The van der Waals surface area contributed by atoms with Crippen molar-refractivity contribution in [1.82, 2.24) is 30.3 Å². The lowest BCUT2D eigenvalue weighted by atomic mass is 10.0. The highest BCUT2D eigenvalue weighted by atomic mass is 19.1. The number of hydrogen-bond donors (Lipinski definition) is 6. The third-order valence-corrected chi connectivity index (χ3v) is 9.79. The lowest BCUT2D eigenvalue weighted by Crippen LogP contribution is -2.50. The molecule has 2 aliphatic heterocycles. The lowest BCUT2D eigenvalue weighted by molar-refractivity contribution is -0.126. The molecule has 5 rings (SSSR count). The molecule has 0 radical (unpaired) electrons. The number of carbonyl (C=O) groups excluding carboxylic acids is 3. The SMILES string of the molecule is CCn1cc(C(=O)O)c(=O)c2cc(F)c(N3CCN(C(=O)OCc4ccc(NC(=O)[C@H](CCCNC(N)=O)N5C=C([C@@H](N)CC(C)C)NN5C)cc4)CC3)cc21. The molecule has 0 unspecified atom stereocenters. The van der Waals surface area contributed by atoms with Gasteiger partial charge in [0.05, 0.1) is 16.9 Å². The van der Waals surface area contributed by atoms with Gasteiger partial charge in [-0.05, 0) is 61.9 Å². The number of nitrogens with zero attached hydrogens (tertiary/aromatic N) is 5. The number of piperazine rings is 1. The van der Waals surface area contributed by atoms with Gasteiger partial charge in [-0.3, -0.25) is 14.6 Å². The smallest absolute Gasteiger partial charge is 0.410 e. The summed E-state index contributed by atoms with van der Waals surface area (Å²) in [6.45, 7) is 7.80. The number of hydrazine groups is 2. The van der Waals surface area contributed by atoms with Gasteiger partial charge in [-0.25, -0.2) is 18.8 Å². The summed E-state index contributed by atoms with van der Waals surface area (Å²) in [4.78, 5) is 65.4. The van der Waals surface area contributed by atoms with E-state index in [1.54, 1.807) is 63.9 Å². The van der Waals surface area contributed by atoms with Crippen LogP contribution >= 0.6 is 0 Å². The minimum Gasteiger partial charge on any atom is -0.477 e. The van der Waals surface area contributed by atoms with Crippen LogP contribution in [-0.2, 0) is 22.7 Å². The van der Waals surface area contributed by atoms with Crippen LogP contribution in [0.1, 0.15) is 56.0 Å². The number of carboxylic acids is 1. The fourth-order valence-corrected chi connectivity index (χ4v) is 6.84. The zero-order valence-electron chi connectivity index (χ0n) is 32.1. The predicted octanol–water partition coefficient (Wildman–Crippen LogP) is 2.95. The number of ether oxygens (including phenoxy) is 1. The van der Waals surface area contributed by atoms with Crippen LogP contribution in [0.3, 0.4) is 0 Å². The molecule has 1 saturated heterocycles. The second-order valence-electron chi connectivity index (χ2n) is 14.3. The van der Waals surface area contributed by atoms with Gasteiger partial charge in [-0.1, -0.05) is 26.0 Å². The molecule has 4 amide bonds. The van der Waals surface area contributed by atoms with Crippen LogP contribution in [0.4, 0.5) is 25.4 Å². The van der Waals surface area contributed by atoms with E-state index in [1.165, 1.54) is 11.1 Å². The van der Waals surface area contributed by atoms with E-state index in [0.717, 1.165) is 18.2 Å². The van der Waals surface area contributed by atoms with E-state index < -0.39 is 40.9 Å². The fraction of sp³-hybridized carbons (Fsp3) is 0.447. The minimum atomic E-state index is -1.37. The van der Waals surface area contributed by atoms with Gasteiger partial charge in [0.15, 0.2) is 0 Å². The molecular weight excluding hydrogens is 727 g/mol. The minimum absolute atomic E-state index is 0.0105. The van der Waals surface area contributed by atoms with Crippen molar-refractivity contribution in [3.63, 3.8) is 0 Å². The lowest BCUT2D eigenvalue weighted by Gasteiger charge is -2.35. The Morgan fingerprint density at radius 3 is 2.39 bits per heavy atom. The molecule has 17 nitrogen and oxygen atoms in total. The molecule has 3 aromatic rings. The Bertz CT molecular complexity index is 2010. The van der Waals surface area contributed by atoms with Crippen LogP contribution in [0.5, 0.6) is 0 Å². The number of carbonyl (C=O) groups is 4. The third kappa shape index (κ3) is 9.86. The van der Waals surface area contributed by atoms with Crippen molar-refractivity contribution in [2.75, 3.05) is 50.0 Å². The zero-order valence-corrected chi connectivity index (χ0v) is 32.1. The van der Waals surface area contributed by atoms with Gasteiger partial charge >= 0.3 is 18.1 Å². The first kappa shape index (κ1) is 41.3. The topological polar surface area (TPSA) is 221 Å². The van der Waals surface area contributed by atoms with Gasteiger partial charge in [0.1, 0.15) is 24.0 Å². The van der Waals surface area contributed by atoms with E-state index in [0.29, 0.717) is 61.7 Å². The Hall–Kier alpha value is -5.88. The number of aryl methyl sites for hydroxylation is 1.